The summed E-state index contributed by atoms with van der Waals surface area (Å²) in [7, 11) is -3.65. The van der Waals surface area contributed by atoms with Crippen LogP contribution in [-0.2, 0) is 16.4 Å². The maximum Gasteiger partial charge on any atom is 0.314 e. The van der Waals surface area contributed by atoms with Gasteiger partial charge in [0.15, 0.2) is 0 Å². The van der Waals surface area contributed by atoms with Crippen LogP contribution in [0.2, 0.25) is 0 Å². The molecular formula is C14H23N3O3S. The molecule has 0 fully saturated rings. The number of unbranched alkanes of at least 4 members (excludes halogenated alkanes) is 2. The van der Waals surface area contributed by atoms with Crippen molar-refractivity contribution < 1.29 is 13.2 Å². The topological polar surface area (TPSA) is 101 Å². The minimum absolute atomic E-state index is 0.0906. The second kappa shape index (κ2) is 8.63. The first kappa shape index (κ1) is 17.5. The second-order valence-electron chi connectivity index (χ2n) is 4.83. The van der Waals surface area contributed by atoms with Crippen molar-refractivity contribution in [1.29, 1.82) is 0 Å². The summed E-state index contributed by atoms with van der Waals surface area (Å²) >= 11 is 0. The van der Waals surface area contributed by atoms with E-state index in [0.29, 0.717) is 19.5 Å². The molecule has 0 spiro atoms. The first-order chi connectivity index (χ1) is 9.93. The van der Waals surface area contributed by atoms with E-state index in [1.165, 1.54) is 12.1 Å². The second-order valence-corrected chi connectivity index (χ2v) is 6.39. The number of benzene rings is 1. The molecule has 0 aliphatic rings. The first-order valence-corrected chi connectivity index (χ1v) is 8.61. The molecule has 21 heavy (non-hydrogen) atoms. The van der Waals surface area contributed by atoms with E-state index in [4.69, 9.17) is 5.14 Å². The smallest absolute Gasteiger partial charge is 0.314 e. The molecule has 0 saturated heterocycles. The standard InChI is InChI=1S/C14H23N3O3S/c1-2-3-4-10-16-14(18)17-11-9-12-5-7-13(8-6-12)21(15,19)20/h5-8H,2-4,9-11H2,1H3,(H2,15,19,20)(H2,16,17,18). The molecule has 0 aromatic heterocycles. The number of urea groups is 1. The van der Waals surface area contributed by atoms with Crippen LogP contribution in [0.15, 0.2) is 29.2 Å². The first-order valence-electron chi connectivity index (χ1n) is 7.07. The molecule has 7 heteroatoms. The third-order valence-electron chi connectivity index (χ3n) is 3.02. The quantitative estimate of drug-likeness (QED) is 0.632. The molecule has 0 saturated carbocycles. The number of amides is 2. The maximum absolute atomic E-state index is 11.5. The monoisotopic (exact) mass is 313 g/mol. The van der Waals surface area contributed by atoms with Crippen molar-refractivity contribution in [2.24, 2.45) is 5.14 Å². The molecule has 4 N–H and O–H groups in total. The third kappa shape index (κ3) is 7.10. The molecule has 1 aromatic carbocycles. The van der Waals surface area contributed by atoms with E-state index in [9.17, 15) is 13.2 Å². The normalized spacial score (nSPS) is 11.1. The molecule has 0 radical (unpaired) electrons. The number of primary sulfonamides is 1. The van der Waals surface area contributed by atoms with Gasteiger partial charge in [0.2, 0.25) is 10.0 Å². The Morgan fingerprint density at radius 1 is 1.10 bits per heavy atom. The summed E-state index contributed by atoms with van der Waals surface area (Å²) in [5, 5.41) is 10.6. The van der Waals surface area contributed by atoms with Crippen LogP contribution in [0.5, 0.6) is 0 Å². The van der Waals surface area contributed by atoms with Crippen molar-refractivity contribution >= 4 is 16.1 Å². The van der Waals surface area contributed by atoms with E-state index < -0.39 is 10.0 Å². The summed E-state index contributed by atoms with van der Waals surface area (Å²) in [6.45, 7) is 3.29. The number of nitrogens with two attached hydrogens (primary N) is 1. The van der Waals surface area contributed by atoms with Gasteiger partial charge >= 0.3 is 6.03 Å². The van der Waals surface area contributed by atoms with Gasteiger partial charge in [0.05, 0.1) is 4.90 Å². The zero-order chi connectivity index (χ0) is 15.7. The Morgan fingerprint density at radius 2 is 1.71 bits per heavy atom. The highest BCUT2D eigenvalue weighted by Crippen LogP contribution is 2.08. The third-order valence-corrected chi connectivity index (χ3v) is 3.95. The number of hydrogen-bond donors (Lipinski definition) is 3. The highest BCUT2D eigenvalue weighted by Gasteiger charge is 2.06. The summed E-state index contributed by atoms with van der Waals surface area (Å²) in [6.07, 6.45) is 3.85. The van der Waals surface area contributed by atoms with Crippen molar-refractivity contribution in [2.75, 3.05) is 13.1 Å². The minimum Gasteiger partial charge on any atom is -0.338 e. The van der Waals surface area contributed by atoms with Gasteiger partial charge in [0.25, 0.3) is 0 Å². The van der Waals surface area contributed by atoms with Crippen molar-refractivity contribution in [1.82, 2.24) is 10.6 Å². The number of carbonyl (C=O) groups excluding carboxylic acids is 1. The van der Waals surface area contributed by atoms with E-state index in [2.05, 4.69) is 17.6 Å². The maximum atomic E-state index is 11.5. The van der Waals surface area contributed by atoms with Gasteiger partial charge in [-0.1, -0.05) is 31.9 Å². The fraction of sp³-hybridized carbons (Fsp3) is 0.500. The van der Waals surface area contributed by atoms with Crippen molar-refractivity contribution in [3.63, 3.8) is 0 Å². The SMILES string of the molecule is CCCCCNC(=O)NCCc1ccc(S(N)(=O)=O)cc1. The van der Waals surface area contributed by atoms with Gasteiger partial charge in [-0.2, -0.15) is 0 Å². The average molecular weight is 313 g/mol. The summed E-state index contributed by atoms with van der Waals surface area (Å²) in [5.41, 5.74) is 0.939. The van der Waals surface area contributed by atoms with Crippen molar-refractivity contribution in [3.8, 4) is 0 Å². The molecule has 118 valence electrons. The highest BCUT2D eigenvalue weighted by atomic mass is 32.2. The summed E-state index contributed by atoms with van der Waals surface area (Å²) in [5.74, 6) is 0. The van der Waals surface area contributed by atoms with E-state index >= 15 is 0 Å². The number of sulfonamides is 1. The lowest BCUT2D eigenvalue weighted by Crippen LogP contribution is -2.37. The largest absolute Gasteiger partial charge is 0.338 e. The fourth-order valence-electron chi connectivity index (χ4n) is 1.81. The molecule has 6 nitrogen and oxygen atoms in total. The molecular weight excluding hydrogens is 290 g/mol. The molecule has 1 rings (SSSR count). The Bertz CT molecular complexity index is 541. The van der Waals surface area contributed by atoms with Gasteiger partial charge < -0.3 is 10.6 Å². The van der Waals surface area contributed by atoms with Gasteiger partial charge in [-0.25, -0.2) is 18.4 Å². The molecule has 0 bridgehead atoms. The van der Waals surface area contributed by atoms with Gasteiger partial charge in [-0.05, 0) is 30.5 Å². The van der Waals surface area contributed by atoms with Gasteiger partial charge in [0.1, 0.15) is 0 Å². The van der Waals surface area contributed by atoms with Crippen molar-refractivity contribution in [2.45, 2.75) is 37.5 Å². The van der Waals surface area contributed by atoms with Crippen LogP contribution >= 0.6 is 0 Å². The zero-order valence-electron chi connectivity index (χ0n) is 12.3. The fourth-order valence-corrected chi connectivity index (χ4v) is 2.32. The molecule has 0 heterocycles. The van der Waals surface area contributed by atoms with E-state index in [1.807, 2.05) is 0 Å². The lowest BCUT2D eigenvalue weighted by Gasteiger charge is -2.07. The molecule has 0 atom stereocenters. The van der Waals surface area contributed by atoms with Crippen LogP contribution in [0.4, 0.5) is 4.79 Å². The van der Waals surface area contributed by atoms with Gasteiger partial charge in [0, 0.05) is 13.1 Å². The van der Waals surface area contributed by atoms with E-state index in [1.54, 1.807) is 12.1 Å². The van der Waals surface area contributed by atoms with E-state index in [-0.39, 0.29) is 10.9 Å². The van der Waals surface area contributed by atoms with Crippen LogP contribution in [0.1, 0.15) is 31.7 Å². The lowest BCUT2D eigenvalue weighted by atomic mass is 10.1. The Morgan fingerprint density at radius 3 is 2.29 bits per heavy atom. The number of nitrogens with one attached hydrogen (secondary N) is 2. The number of hydrogen-bond acceptors (Lipinski definition) is 3. The molecule has 0 aliphatic carbocycles. The molecule has 0 aliphatic heterocycles. The Balaban J connectivity index is 2.28. The van der Waals surface area contributed by atoms with Crippen LogP contribution in [0.3, 0.4) is 0 Å². The highest BCUT2D eigenvalue weighted by molar-refractivity contribution is 7.89. The Labute approximate surface area is 126 Å². The minimum atomic E-state index is -3.65. The van der Waals surface area contributed by atoms with Crippen LogP contribution in [0, 0.1) is 0 Å². The van der Waals surface area contributed by atoms with Crippen LogP contribution < -0.4 is 15.8 Å². The molecule has 0 unspecified atom stereocenters. The predicted octanol–water partition coefficient (Wildman–Crippen LogP) is 1.37. The zero-order valence-corrected chi connectivity index (χ0v) is 13.1. The van der Waals surface area contributed by atoms with Crippen molar-refractivity contribution in [3.05, 3.63) is 29.8 Å². The summed E-state index contributed by atoms with van der Waals surface area (Å²) in [6, 6.07) is 6.15. The molecule has 2 amide bonds. The van der Waals surface area contributed by atoms with E-state index in [0.717, 1.165) is 24.8 Å². The Hall–Kier alpha value is -1.60. The number of carbonyl (C=O) groups is 1. The summed E-state index contributed by atoms with van der Waals surface area (Å²) < 4.78 is 22.2. The van der Waals surface area contributed by atoms with Gasteiger partial charge in [-0.15, -0.1) is 0 Å². The Kier molecular flexibility index (Phi) is 7.18. The lowest BCUT2D eigenvalue weighted by molar-refractivity contribution is 0.241. The predicted molar refractivity (Wildman–Crippen MR) is 82.4 cm³/mol. The average Bonchev–Trinajstić information content (AvgIpc) is 2.43. The number of rotatable bonds is 8. The van der Waals surface area contributed by atoms with Crippen LogP contribution in [-0.4, -0.2) is 27.5 Å². The van der Waals surface area contributed by atoms with Gasteiger partial charge in [-0.3, -0.25) is 0 Å². The summed E-state index contributed by atoms with van der Waals surface area (Å²) in [4.78, 5) is 11.6. The molecule has 1 aromatic rings. The van der Waals surface area contributed by atoms with Crippen LogP contribution in [0.25, 0.3) is 0 Å².